The fraction of sp³-hybridized carbons (Fsp3) is 0.500. The first-order chi connectivity index (χ1) is 8.17. The SMILES string of the molecule is CCOc1ccc(NCC(O)COC)cc1F. The molecule has 0 saturated heterocycles. The predicted molar refractivity (Wildman–Crippen MR) is 63.9 cm³/mol. The zero-order chi connectivity index (χ0) is 12.7. The summed E-state index contributed by atoms with van der Waals surface area (Å²) in [6.07, 6.45) is -0.616. The van der Waals surface area contributed by atoms with Crippen LogP contribution in [-0.2, 0) is 4.74 Å². The van der Waals surface area contributed by atoms with Gasteiger partial charge in [-0.2, -0.15) is 0 Å². The van der Waals surface area contributed by atoms with E-state index < -0.39 is 11.9 Å². The van der Waals surface area contributed by atoms with Crippen LogP contribution >= 0.6 is 0 Å². The lowest BCUT2D eigenvalue weighted by molar-refractivity contribution is 0.0727. The molecule has 96 valence electrons. The van der Waals surface area contributed by atoms with Gasteiger partial charge < -0.3 is 19.9 Å². The average Bonchev–Trinajstić information content (AvgIpc) is 2.30. The molecule has 0 radical (unpaired) electrons. The Kier molecular flexibility index (Phi) is 5.72. The molecule has 1 unspecified atom stereocenters. The van der Waals surface area contributed by atoms with Gasteiger partial charge in [-0.15, -0.1) is 0 Å². The van der Waals surface area contributed by atoms with Gasteiger partial charge in [0.05, 0.1) is 19.3 Å². The van der Waals surface area contributed by atoms with Crippen LogP contribution in [0.25, 0.3) is 0 Å². The van der Waals surface area contributed by atoms with Crippen molar-refractivity contribution < 1.29 is 19.0 Å². The Morgan fingerprint density at radius 2 is 2.24 bits per heavy atom. The zero-order valence-electron chi connectivity index (χ0n) is 10.1. The predicted octanol–water partition coefficient (Wildman–Crippen LogP) is 1.64. The number of nitrogens with one attached hydrogen (secondary N) is 1. The molecule has 0 aliphatic carbocycles. The van der Waals surface area contributed by atoms with Crippen molar-refractivity contribution in [3.05, 3.63) is 24.0 Å². The molecule has 0 bridgehead atoms. The summed E-state index contributed by atoms with van der Waals surface area (Å²) >= 11 is 0. The highest BCUT2D eigenvalue weighted by molar-refractivity contribution is 5.47. The number of anilines is 1. The Balaban J connectivity index is 2.52. The molecule has 1 rings (SSSR count). The van der Waals surface area contributed by atoms with Gasteiger partial charge in [-0.3, -0.25) is 0 Å². The van der Waals surface area contributed by atoms with Gasteiger partial charge in [0, 0.05) is 25.4 Å². The van der Waals surface area contributed by atoms with E-state index in [0.29, 0.717) is 18.8 Å². The number of benzene rings is 1. The Hall–Kier alpha value is -1.33. The van der Waals surface area contributed by atoms with Gasteiger partial charge in [-0.05, 0) is 19.1 Å². The Morgan fingerprint density at radius 1 is 1.47 bits per heavy atom. The van der Waals surface area contributed by atoms with Gasteiger partial charge in [-0.25, -0.2) is 4.39 Å². The molecule has 0 aliphatic heterocycles. The summed E-state index contributed by atoms with van der Waals surface area (Å²) < 4.78 is 23.3. The summed E-state index contributed by atoms with van der Waals surface area (Å²) in [5.41, 5.74) is 0.598. The lowest BCUT2D eigenvalue weighted by Crippen LogP contribution is -2.24. The van der Waals surface area contributed by atoms with Crippen LogP contribution in [0.2, 0.25) is 0 Å². The highest BCUT2D eigenvalue weighted by Gasteiger charge is 2.06. The van der Waals surface area contributed by atoms with Crippen LogP contribution in [0, 0.1) is 5.82 Å². The van der Waals surface area contributed by atoms with E-state index in [0.717, 1.165) is 0 Å². The van der Waals surface area contributed by atoms with Gasteiger partial charge in [0.15, 0.2) is 11.6 Å². The third kappa shape index (κ3) is 4.58. The minimum atomic E-state index is -0.616. The van der Waals surface area contributed by atoms with Crippen molar-refractivity contribution in [1.29, 1.82) is 0 Å². The van der Waals surface area contributed by atoms with Gasteiger partial charge in [0.1, 0.15) is 0 Å². The third-order valence-corrected chi connectivity index (χ3v) is 2.13. The Morgan fingerprint density at radius 3 is 2.82 bits per heavy atom. The number of rotatable bonds is 7. The Labute approximate surface area is 100 Å². The molecular formula is C12H18FNO3. The maximum absolute atomic E-state index is 13.5. The lowest BCUT2D eigenvalue weighted by Gasteiger charge is -2.12. The summed E-state index contributed by atoms with van der Waals surface area (Å²) in [6, 6.07) is 4.60. The second-order valence-electron chi connectivity index (χ2n) is 3.57. The van der Waals surface area contributed by atoms with Crippen LogP contribution in [0.1, 0.15) is 6.92 Å². The second kappa shape index (κ2) is 7.09. The first kappa shape index (κ1) is 13.7. The van der Waals surface area contributed by atoms with Crippen LogP contribution in [0.4, 0.5) is 10.1 Å². The highest BCUT2D eigenvalue weighted by Crippen LogP contribution is 2.20. The van der Waals surface area contributed by atoms with Gasteiger partial charge in [0.2, 0.25) is 0 Å². The molecule has 1 aromatic rings. The topological polar surface area (TPSA) is 50.7 Å². The van der Waals surface area contributed by atoms with E-state index in [1.165, 1.54) is 13.2 Å². The zero-order valence-corrected chi connectivity index (χ0v) is 10.1. The van der Waals surface area contributed by atoms with Crippen molar-refractivity contribution in [1.82, 2.24) is 0 Å². The molecule has 2 N–H and O–H groups in total. The summed E-state index contributed by atoms with van der Waals surface area (Å²) in [4.78, 5) is 0. The van der Waals surface area contributed by atoms with Crippen molar-refractivity contribution in [3.8, 4) is 5.75 Å². The summed E-state index contributed by atoms with van der Waals surface area (Å²) in [7, 11) is 1.51. The molecule has 0 saturated carbocycles. The van der Waals surface area contributed by atoms with Crippen molar-refractivity contribution in [3.63, 3.8) is 0 Å². The van der Waals surface area contributed by atoms with Gasteiger partial charge >= 0.3 is 0 Å². The van der Waals surface area contributed by atoms with Crippen LogP contribution in [0.3, 0.4) is 0 Å². The Bertz CT molecular complexity index is 347. The largest absolute Gasteiger partial charge is 0.491 e. The maximum atomic E-state index is 13.5. The molecule has 1 atom stereocenters. The van der Waals surface area contributed by atoms with E-state index >= 15 is 0 Å². The van der Waals surface area contributed by atoms with Gasteiger partial charge in [0.25, 0.3) is 0 Å². The van der Waals surface area contributed by atoms with E-state index in [4.69, 9.17) is 9.47 Å². The fourth-order valence-electron chi connectivity index (χ4n) is 1.37. The molecule has 0 amide bonds. The summed E-state index contributed by atoms with van der Waals surface area (Å²) in [5.74, 6) is -0.187. The molecule has 4 nitrogen and oxygen atoms in total. The van der Waals surface area contributed by atoms with Crippen molar-refractivity contribution in [2.24, 2.45) is 0 Å². The summed E-state index contributed by atoms with van der Waals surface area (Å²) in [6.45, 7) is 2.77. The lowest BCUT2D eigenvalue weighted by atomic mass is 10.2. The standard InChI is InChI=1S/C12H18FNO3/c1-3-17-12-5-4-9(6-11(12)13)14-7-10(15)8-16-2/h4-6,10,14-15H,3,7-8H2,1-2H3. The number of ether oxygens (including phenoxy) is 2. The molecular weight excluding hydrogens is 225 g/mol. The normalized spacial score (nSPS) is 12.2. The summed E-state index contributed by atoms with van der Waals surface area (Å²) in [5, 5.41) is 12.3. The highest BCUT2D eigenvalue weighted by atomic mass is 19.1. The number of hydrogen-bond acceptors (Lipinski definition) is 4. The number of halogens is 1. The minimum absolute atomic E-state index is 0.232. The second-order valence-corrected chi connectivity index (χ2v) is 3.57. The van der Waals surface area contributed by atoms with E-state index in [1.807, 2.05) is 0 Å². The average molecular weight is 243 g/mol. The fourth-order valence-corrected chi connectivity index (χ4v) is 1.37. The number of aliphatic hydroxyl groups is 1. The van der Waals surface area contributed by atoms with Crippen molar-refractivity contribution >= 4 is 5.69 Å². The number of aliphatic hydroxyl groups excluding tert-OH is 1. The maximum Gasteiger partial charge on any atom is 0.167 e. The molecule has 0 fully saturated rings. The molecule has 0 aromatic heterocycles. The van der Waals surface area contributed by atoms with Crippen molar-refractivity contribution in [2.45, 2.75) is 13.0 Å². The molecule has 17 heavy (non-hydrogen) atoms. The van der Waals surface area contributed by atoms with E-state index in [2.05, 4.69) is 5.32 Å². The first-order valence-corrected chi connectivity index (χ1v) is 5.50. The monoisotopic (exact) mass is 243 g/mol. The third-order valence-electron chi connectivity index (χ3n) is 2.13. The van der Waals surface area contributed by atoms with E-state index in [1.54, 1.807) is 19.1 Å². The first-order valence-electron chi connectivity index (χ1n) is 5.50. The molecule has 5 heteroatoms. The van der Waals surface area contributed by atoms with Crippen LogP contribution < -0.4 is 10.1 Å². The van der Waals surface area contributed by atoms with Crippen molar-refractivity contribution in [2.75, 3.05) is 32.2 Å². The van der Waals surface area contributed by atoms with E-state index in [-0.39, 0.29) is 12.4 Å². The van der Waals surface area contributed by atoms with Crippen LogP contribution in [0.15, 0.2) is 18.2 Å². The molecule has 0 heterocycles. The molecule has 0 spiro atoms. The number of methoxy groups -OCH3 is 1. The molecule has 0 aliphatic rings. The molecule has 1 aromatic carbocycles. The van der Waals surface area contributed by atoms with Crippen LogP contribution in [0.5, 0.6) is 5.75 Å². The number of hydrogen-bond donors (Lipinski definition) is 2. The quantitative estimate of drug-likeness (QED) is 0.764. The smallest absolute Gasteiger partial charge is 0.167 e. The van der Waals surface area contributed by atoms with Crippen LogP contribution in [-0.4, -0.2) is 38.1 Å². The van der Waals surface area contributed by atoms with Gasteiger partial charge in [-0.1, -0.05) is 0 Å². The minimum Gasteiger partial charge on any atom is -0.491 e. The van der Waals surface area contributed by atoms with E-state index in [9.17, 15) is 9.50 Å².